The van der Waals surface area contributed by atoms with Crippen molar-refractivity contribution in [2.75, 3.05) is 27.2 Å². The van der Waals surface area contributed by atoms with E-state index >= 15 is 0 Å². The molecule has 0 aromatic heterocycles. The molecule has 1 fully saturated rings. The van der Waals surface area contributed by atoms with E-state index in [1.54, 1.807) is 0 Å². The highest BCUT2D eigenvalue weighted by atomic mass is 16.8. The minimum Gasteiger partial charge on any atom is -0.463 e. The van der Waals surface area contributed by atoms with E-state index in [1.165, 1.54) is 173 Å². The van der Waals surface area contributed by atoms with Crippen LogP contribution in [0.1, 0.15) is 303 Å². The van der Waals surface area contributed by atoms with Crippen LogP contribution in [0.3, 0.4) is 0 Å². The summed E-state index contributed by atoms with van der Waals surface area (Å²) in [5, 5.41) is 0. The molecule has 0 aliphatic carbocycles. The van der Waals surface area contributed by atoms with E-state index in [0.717, 1.165) is 64.3 Å². The molecular weight excluding hydrogens is 867 g/mol. The number of carbonyl (C=O) groups is 4. The standard InChI is InChI=1S/C59H111NO9/c1-6-9-12-15-18-21-24-27-30-33-36-39-42-46-54(62)67-57-52(51-65-53(61)49-45-50-60(4)5)66-59(69-56(64)48-44-41-38-35-32-29-26-23-20-17-14-11-8-3)58(57)68-55(63)47-43-40-37-34-31-28-25-22-19-16-13-10-7-2/h52,57-59H,6-51H2,1-5H3/t52-,57?,58+,59+/m1/s1. The lowest BCUT2D eigenvalue weighted by Gasteiger charge is -2.24. The van der Waals surface area contributed by atoms with Gasteiger partial charge in [-0.2, -0.15) is 0 Å². The molecule has 4 atom stereocenters. The second kappa shape index (κ2) is 48.1. The third kappa shape index (κ3) is 40.0. The molecule has 1 rings (SSSR count). The maximum atomic E-state index is 13.5. The fraction of sp³-hybridized carbons (Fsp3) is 0.932. The van der Waals surface area contributed by atoms with Crippen LogP contribution in [0.5, 0.6) is 0 Å². The number of hydrogen-bond donors (Lipinski definition) is 0. The summed E-state index contributed by atoms with van der Waals surface area (Å²) in [4.78, 5) is 55.1. The lowest BCUT2D eigenvalue weighted by atomic mass is 10.0. The van der Waals surface area contributed by atoms with Crippen LogP contribution >= 0.6 is 0 Å². The van der Waals surface area contributed by atoms with Crippen molar-refractivity contribution in [3.8, 4) is 0 Å². The van der Waals surface area contributed by atoms with Gasteiger partial charge in [0.15, 0.2) is 6.10 Å². The maximum absolute atomic E-state index is 13.5. The van der Waals surface area contributed by atoms with Gasteiger partial charge in [-0.1, -0.05) is 252 Å². The van der Waals surface area contributed by atoms with Crippen LogP contribution in [0.4, 0.5) is 0 Å². The normalized spacial score (nSPS) is 16.8. The minimum atomic E-state index is -1.28. The van der Waals surface area contributed by atoms with E-state index in [9.17, 15) is 19.2 Å². The molecule has 0 aromatic rings. The molecule has 1 aliphatic heterocycles. The van der Waals surface area contributed by atoms with E-state index in [4.69, 9.17) is 23.7 Å². The quantitative estimate of drug-likeness (QED) is 0.0331. The summed E-state index contributed by atoms with van der Waals surface area (Å²) in [6.45, 7) is 7.30. The molecule has 1 aliphatic rings. The number of unbranched alkanes of at least 4 members (excludes halogenated alkanes) is 36. The van der Waals surface area contributed by atoms with Gasteiger partial charge in [0.05, 0.1) is 0 Å². The molecule has 0 saturated carbocycles. The molecule has 406 valence electrons. The number of ether oxygens (including phenoxy) is 5. The summed E-state index contributed by atoms with van der Waals surface area (Å²) >= 11 is 0. The second-order valence-electron chi connectivity index (χ2n) is 21.0. The molecule has 0 radical (unpaired) electrons. The Morgan fingerprint density at radius 1 is 0.348 bits per heavy atom. The van der Waals surface area contributed by atoms with Crippen LogP contribution in [0.15, 0.2) is 0 Å². The first-order chi connectivity index (χ1) is 33.7. The molecule has 69 heavy (non-hydrogen) atoms. The predicted molar refractivity (Wildman–Crippen MR) is 284 cm³/mol. The molecule has 10 nitrogen and oxygen atoms in total. The van der Waals surface area contributed by atoms with Gasteiger partial charge in [0.1, 0.15) is 12.7 Å². The summed E-state index contributed by atoms with van der Waals surface area (Å²) in [6.07, 6.45) is 44.0. The molecule has 1 heterocycles. The van der Waals surface area contributed by atoms with Crippen LogP contribution in [0, 0.1) is 0 Å². The average molecular weight is 979 g/mol. The minimum absolute atomic E-state index is 0.207. The van der Waals surface area contributed by atoms with E-state index < -0.39 is 48.5 Å². The van der Waals surface area contributed by atoms with Gasteiger partial charge < -0.3 is 28.6 Å². The Balaban J connectivity index is 2.82. The van der Waals surface area contributed by atoms with E-state index in [1.807, 2.05) is 19.0 Å². The highest BCUT2D eigenvalue weighted by Crippen LogP contribution is 2.30. The van der Waals surface area contributed by atoms with Gasteiger partial charge in [-0.15, -0.1) is 0 Å². The summed E-state index contributed by atoms with van der Waals surface area (Å²) in [5.74, 6) is -1.70. The van der Waals surface area contributed by atoms with Gasteiger partial charge in [-0.25, -0.2) is 0 Å². The Bertz CT molecular complexity index is 1200. The summed E-state index contributed by atoms with van der Waals surface area (Å²) < 4.78 is 29.9. The lowest BCUT2D eigenvalue weighted by Crippen LogP contribution is -2.42. The zero-order valence-corrected chi connectivity index (χ0v) is 46.0. The molecule has 0 spiro atoms. The molecule has 0 aromatic carbocycles. The van der Waals surface area contributed by atoms with Gasteiger partial charge in [-0.3, -0.25) is 19.2 Å². The van der Waals surface area contributed by atoms with Gasteiger partial charge >= 0.3 is 23.9 Å². The van der Waals surface area contributed by atoms with E-state index in [-0.39, 0.29) is 32.3 Å². The average Bonchev–Trinajstić information content (AvgIpc) is 3.63. The Labute approximate surface area is 425 Å². The monoisotopic (exact) mass is 978 g/mol. The van der Waals surface area contributed by atoms with Crippen molar-refractivity contribution in [2.24, 2.45) is 0 Å². The molecule has 1 saturated heterocycles. The number of nitrogens with zero attached hydrogens (tertiary/aromatic N) is 1. The molecule has 0 bridgehead atoms. The third-order valence-electron chi connectivity index (χ3n) is 13.9. The smallest absolute Gasteiger partial charge is 0.308 e. The van der Waals surface area contributed by atoms with E-state index in [2.05, 4.69) is 20.8 Å². The van der Waals surface area contributed by atoms with Gasteiger partial charge in [0, 0.05) is 25.7 Å². The van der Waals surface area contributed by atoms with Crippen molar-refractivity contribution in [1.82, 2.24) is 4.90 Å². The van der Waals surface area contributed by atoms with Crippen LogP contribution < -0.4 is 0 Å². The van der Waals surface area contributed by atoms with Crippen LogP contribution in [-0.4, -0.2) is 80.6 Å². The fourth-order valence-corrected chi connectivity index (χ4v) is 9.45. The highest BCUT2D eigenvalue weighted by molar-refractivity contribution is 5.72. The summed E-state index contributed by atoms with van der Waals surface area (Å²) in [6, 6.07) is 0. The first-order valence-electron chi connectivity index (χ1n) is 29.8. The second-order valence-corrected chi connectivity index (χ2v) is 21.0. The van der Waals surface area contributed by atoms with Crippen LogP contribution in [0.25, 0.3) is 0 Å². The topological polar surface area (TPSA) is 118 Å². The zero-order valence-electron chi connectivity index (χ0n) is 46.0. The molecule has 1 unspecified atom stereocenters. The fourth-order valence-electron chi connectivity index (χ4n) is 9.45. The Kier molecular flexibility index (Phi) is 45.2. The van der Waals surface area contributed by atoms with Crippen molar-refractivity contribution >= 4 is 23.9 Å². The van der Waals surface area contributed by atoms with Crippen LogP contribution in [0.2, 0.25) is 0 Å². The van der Waals surface area contributed by atoms with Crippen molar-refractivity contribution in [1.29, 1.82) is 0 Å². The van der Waals surface area contributed by atoms with Crippen molar-refractivity contribution in [3.63, 3.8) is 0 Å². The van der Waals surface area contributed by atoms with E-state index in [0.29, 0.717) is 25.7 Å². The number of esters is 4. The molecule has 0 N–H and O–H groups in total. The van der Waals surface area contributed by atoms with Crippen molar-refractivity contribution in [2.45, 2.75) is 328 Å². The Morgan fingerprint density at radius 3 is 0.942 bits per heavy atom. The molecular formula is C59H111NO9. The Morgan fingerprint density at radius 2 is 0.623 bits per heavy atom. The van der Waals surface area contributed by atoms with Gasteiger partial charge in [-0.05, 0) is 46.3 Å². The number of carbonyl (C=O) groups excluding carboxylic acids is 4. The lowest BCUT2D eigenvalue weighted by molar-refractivity contribution is -0.200. The van der Waals surface area contributed by atoms with Crippen molar-refractivity contribution < 1.29 is 42.9 Å². The SMILES string of the molecule is CCCCCCCCCCCCCCCC(=O)OC1[C@@H](COC(=O)CCCN(C)C)O[C@@H](OC(=O)CCCCCCCCCCCCCCC)[C@H]1OC(=O)CCCCCCCCCCCCCCC. The maximum Gasteiger partial charge on any atom is 0.308 e. The summed E-state index contributed by atoms with van der Waals surface area (Å²) in [7, 11) is 3.91. The summed E-state index contributed by atoms with van der Waals surface area (Å²) in [5.41, 5.74) is 0. The first kappa shape index (κ1) is 64.8. The Hall–Kier alpha value is -2.20. The zero-order chi connectivity index (χ0) is 50.3. The number of hydrogen-bond acceptors (Lipinski definition) is 10. The third-order valence-corrected chi connectivity index (χ3v) is 13.9. The molecule has 0 amide bonds. The van der Waals surface area contributed by atoms with Crippen molar-refractivity contribution in [3.05, 3.63) is 0 Å². The number of rotatable bonds is 51. The van der Waals surface area contributed by atoms with Gasteiger partial charge in [0.2, 0.25) is 12.4 Å². The predicted octanol–water partition coefficient (Wildman–Crippen LogP) is 16.4. The van der Waals surface area contributed by atoms with Gasteiger partial charge in [0.25, 0.3) is 0 Å². The largest absolute Gasteiger partial charge is 0.463 e. The first-order valence-corrected chi connectivity index (χ1v) is 29.8. The highest BCUT2D eigenvalue weighted by Gasteiger charge is 2.52. The molecule has 10 heteroatoms. The van der Waals surface area contributed by atoms with Crippen LogP contribution in [-0.2, 0) is 42.9 Å².